The van der Waals surface area contributed by atoms with E-state index < -0.39 is 0 Å². The van der Waals surface area contributed by atoms with E-state index in [4.69, 9.17) is 0 Å². The van der Waals surface area contributed by atoms with E-state index in [0.29, 0.717) is 5.92 Å². The molecule has 1 aromatic rings. The van der Waals surface area contributed by atoms with Crippen LogP contribution in [0.3, 0.4) is 0 Å². The Labute approximate surface area is 81.2 Å². The van der Waals surface area contributed by atoms with Crippen molar-refractivity contribution in [2.24, 2.45) is 0 Å². The van der Waals surface area contributed by atoms with Crippen molar-refractivity contribution in [2.75, 3.05) is 0 Å². The summed E-state index contributed by atoms with van der Waals surface area (Å²) in [6.45, 7) is 6.57. The molecule has 13 heavy (non-hydrogen) atoms. The van der Waals surface area contributed by atoms with Gasteiger partial charge >= 0.3 is 0 Å². The average molecular weight is 177 g/mol. The first-order valence-electron chi connectivity index (χ1n) is 5.16. The van der Waals surface area contributed by atoms with E-state index in [-0.39, 0.29) is 0 Å². The molecule has 1 unspecified atom stereocenters. The van der Waals surface area contributed by atoms with E-state index in [9.17, 15) is 0 Å². The highest BCUT2D eigenvalue weighted by Gasteiger charge is 2.04. The lowest BCUT2D eigenvalue weighted by atomic mass is 10.00. The van der Waals surface area contributed by atoms with Gasteiger partial charge in [0.05, 0.1) is 0 Å². The van der Waals surface area contributed by atoms with Crippen LogP contribution in [0.5, 0.6) is 0 Å². The average Bonchev–Trinajstić information content (AvgIpc) is 2.15. The molecule has 0 N–H and O–H groups in total. The molecule has 1 heterocycles. The SMILES string of the molecule is CCCCC(C)c1ccc(C)cn1. The standard InChI is InChI=1S/C12H19N/c1-4-5-6-11(3)12-8-7-10(2)9-13-12/h7-9,11H,4-6H2,1-3H3. The molecule has 72 valence electrons. The van der Waals surface area contributed by atoms with E-state index in [1.165, 1.54) is 30.5 Å². The van der Waals surface area contributed by atoms with Gasteiger partial charge in [0.25, 0.3) is 0 Å². The predicted octanol–water partition coefficient (Wildman–Crippen LogP) is 3.68. The highest BCUT2D eigenvalue weighted by Crippen LogP contribution is 2.19. The van der Waals surface area contributed by atoms with E-state index in [1.54, 1.807) is 0 Å². The van der Waals surface area contributed by atoms with E-state index >= 15 is 0 Å². The summed E-state index contributed by atoms with van der Waals surface area (Å²) in [6, 6.07) is 4.29. The second-order valence-corrected chi connectivity index (χ2v) is 3.80. The minimum Gasteiger partial charge on any atom is -0.261 e. The van der Waals surface area contributed by atoms with Crippen molar-refractivity contribution in [3.05, 3.63) is 29.6 Å². The molecule has 0 aliphatic carbocycles. The molecule has 1 nitrogen and oxygen atoms in total. The van der Waals surface area contributed by atoms with E-state index in [1.807, 2.05) is 6.20 Å². The number of pyridine rings is 1. The Kier molecular flexibility index (Phi) is 3.94. The third-order valence-electron chi connectivity index (χ3n) is 2.43. The Morgan fingerprint density at radius 2 is 2.15 bits per heavy atom. The van der Waals surface area contributed by atoms with Gasteiger partial charge in [-0.3, -0.25) is 4.98 Å². The Morgan fingerprint density at radius 1 is 1.38 bits per heavy atom. The second-order valence-electron chi connectivity index (χ2n) is 3.80. The van der Waals surface area contributed by atoms with Crippen molar-refractivity contribution in [3.8, 4) is 0 Å². The molecule has 0 saturated heterocycles. The molecule has 0 amide bonds. The first kappa shape index (κ1) is 10.2. The first-order valence-corrected chi connectivity index (χ1v) is 5.16. The fraction of sp³-hybridized carbons (Fsp3) is 0.583. The molecule has 1 heteroatoms. The summed E-state index contributed by atoms with van der Waals surface area (Å²) in [5.74, 6) is 0.612. The van der Waals surface area contributed by atoms with Gasteiger partial charge in [-0.25, -0.2) is 0 Å². The van der Waals surface area contributed by atoms with Crippen LogP contribution in [0.4, 0.5) is 0 Å². The lowest BCUT2D eigenvalue weighted by Gasteiger charge is -2.09. The van der Waals surface area contributed by atoms with Gasteiger partial charge in [-0.15, -0.1) is 0 Å². The summed E-state index contributed by atoms with van der Waals surface area (Å²) < 4.78 is 0. The zero-order valence-corrected chi connectivity index (χ0v) is 8.88. The number of aryl methyl sites for hydroxylation is 1. The van der Waals surface area contributed by atoms with Crippen LogP contribution in [0.15, 0.2) is 18.3 Å². The molecule has 0 aliphatic rings. The number of hydrogen-bond acceptors (Lipinski definition) is 1. The van der Waals surface area contributed by atoms with Crippen molar-refractivity contribution in [1.29, 1.82) is 0 Å². The van der Waals surface area contributed by atoms with Crippen molar-refractivity contribution < 1.29 is 0 Å². The van der Waals surface area contributed by atoms with Gasteiger partial charge in [0.15, 0.2) is 0 Å². The normalized spacial score (nSPS) is 12.8. The van der Waals surface area contributed by atoms with Crippen LogP contribution < -0.4 is 0 Å². The van der Waals surface area contributed by atoms with Gasteiger partial charge in [0, 0.05) is 11.9 Å². The topological polar surface area (TPSA) is 12.9 Å². The zero-order chi connectivity index (χ0) is 9.68. The zero-order valence-electron chi connectivity index (χ0n) is 8.88. The summed E-state index contributed by atoms with van der Waals surface area (Å²) in [6.07, 6.45) is 5.79. The van der Waals surface area contributed by atoms with Crippen LogP contribution in [-0.4, -0.2) is 4.98 Å². The number of rotatable bonds is 4. The maximum absolute atomic E-state index is 4.43. The third-order valence-corrected chi connectivity index (χ3v) is 2.43. The van der Waals surface area contributed by atoms with Crippen LogP contribution in [0.25, 0.3) is 0 Å². The summed E-state index contributed by atoms with van der Waals surface area (Å²) >= 11 is 0. The molecular formula is C12H19N. The van der Waals surface area contributed by atoms with Gasteiger partial charge in [0.2, 0.25) is 0 Å². The summed E-state index contributed by atoms with van der Waals surface area (Å²) in [7, 11) is 0. The summed E-state index contributed by atoms with van der Waals surface area (Å²) in [4.78, 5) is 4.43. The molecule has 0 spiro atoms. The van der Waals surface area contributed by atoms with Crippen molar-refractivity contribution in [2.45, 2.75) is 46.0 Å². The van der Waals surface area contributed by atoms with Crippen LogP contribution in [0, 0.1) is 6.92 Å². The van der Waals surface area contributed by atoms with E-state index in [2.05, 4.69) is 37.9 Å². The fourth-order valence-electron chi connectivity index (χ4n) is 1.43. The van der Waals surface area contributed by atoms with Crippen molar-refractivity contribution >= 4 is 0 Å². The number of hydrogen-bond donors (Lipinski definition) is 0. The largest absolute Gasteiger partial charge is 0.261 e. The Balaban J connectivity index is 2.55. The molecule has 0 fully saturated rings. The smallest absolute Gasteiger partial charge is 0.0431 e. The van der Waals surface area contributed by atoms with Gasteiger partial charge in [0.1, 0.15) is 0 Å². The number of aromatic nitrogens is 1. The van der Waals surface area contributed by atoms with Gasteiger partial charge < -0.3 is 0 Å². The van der Waals surface area contributed by atoms with Gasteiger partial charge in [-0.1, -0.05) is 32.8 Å². The Hall–Kier alpha value is -0.850. The van der Waals surface area contributed by atoms with Crippen LogP contribution in [0.2, 0.25) is 0 Å². The lowest BCUT2D eigenvalue weighted by molar-refractivity contribution is 0.611. The van der Waals surface area contributed by atoms with E-state index in [0.717, 1.165) is 0 Å². The van der Waals surface area contributed by atoms with Crippen molar-refractivity contribution in [3.63, 3.8) is 0 Å². The third kappa shape index (κ3) is 3.17. The van der Waals surface area contributed by atoms with Gasteiger partial charge in [-0.2, -0.15) is 0 Å². The quantitative estimate of drug-likeness (QED) is 0.683. The highest BCUT2D eigenvalue weighted by atomic mass is 14.7. The van der Waals surface area contributed by atoms with Crippen LogP contribution in [0.1, 0.15) is 50.3 Å². The summed E-state index contributed by atoms with van der Waals surface area (Å²) in [5.41, 5.74) is 2.48. The van der Waals surface area contributed by atoms with Crippen LogP contribution >= 0.6 is 0 Å². The summed E-state index contributed by atoms with van der Waals surface area (Å²) in [5, 5.41) is 0. The molecule has 0 aromatic carbocycles. The molecule has 0 aliphatic heterocycles. The second kappa shape index (κ2) is 5.00. The maximum atomic E-state index is 4.43. The molecule has 0 radical (unpaired) electrons. The van der Waals surface area contributed by atoms with Crippen LogP contribution in [-0.2, 0) is 0 Å². The molecule has 0 bridgehead atoms. The Bertz CT molecular complexity index is 238. The number of nitrogens with zero attached hydrogens (tertiary/aromatic N) is 1. The first-order chi connectivity index (χ1) is 6.24. The predicted molar refractivity (Wildman–Crippen MR) is 56.9 cm³/mol. The highest BCUT2D eigenvalue weighted by molar-refractivity contribution is 5.14. The number of unbranched alkanes of at least 4 members (excludes halogenated alkanes) is 1. The minimum absolute atomic E-state index is 0.612. The maximum Gasteiger partial charge on any atom is 0.0431 e. The molecule has 1 atom stereocenters. The van der Waals surface area contributed by atoms with Gasteiger partial charge in [-0.05, 0) is 30.9 Å². The molecule has 0 saturated carbocycles. The van der Waals surface area contributed by atoms with Crippen molar-refractivity contribution in [1.82, 2.24) is 4.98 Å². The Morgan fingerprint density at radius 3 is 2.69 bits per heavy atom. The molecule has 1 aromatic heterocycles. The lowest BCUT2D eigenvalue weighted by Crippen LogP contribution is -1.96. The monoisotopic (exact) mass is 177 g/mol. The molecule has 1 rings (SSSR count). The fourth-order valence-corrected chi connectivity index (χ4v) is 1.43. The minimum atomic E-state index is 0.612. The molecular weight excluding hydrogens is 158 g/mol.